The number of hydrogen-bond acceptors (Lipinski definition) is 7. The van der Waals surface area contributed by atoms with Crippen LogP contribution in [0, 0.1) is 0 Å². The molecule has 7 nitrogen and oxygen atoms in total. The number of carbonyl (C=O) groups is 2. The SMILES string of the molecule is CCOC(=O)CCC(=O)CS(=O)(=O)CCS(C)(=O)=O. The van der Waals surface area contributed by atoms with E-state index in [0.29, 0.717) is 0 Å². The molecule has 0 bridgehead atoms. The highest BCUT2D eigenvalue weighted by atomic mass is 32.2. The quantitative estimate of drug-likeness (QED) is 0.520. The third-order valence-electron chi connectivity index (χ3n) is 2.06. The van der Waals surface area contributed by atoms with Crippen LogP contribution < -0.4 is 0 Å². The van der Waals surface area contributed by atoms with Crippen LogP contribution in [0.5, 0.6) is 0 Å². The van der Waals surface area contributed by atoms with Crippen LogP contribution in [0.2, 0.25) is 0 Å². The fourth-order valence-electron chi connectivity index (χ4n) is 1.14. The second-order valence-corrected chi connectivity index (χ2v) is 8.51. The Morgan fingerprint density at radius 3 is 2.05 bits per heavy atom. The van der Waals surface area contributed by atoms with E-state index in [-0.39, 0.29) is 19.4 Å². The van der Waals surface area contributed by atoms with Crippen molar-refractivity contribution in [2.75, 3.05) is 30.1 Å². The lowest BCUT2D eigenvalue weighted by molar-refractivity contribution is -0.144. The Morgan fingerprint density at radius 2 is 1.58 bits per heavy atom. The normalized spacial score (nSPS) is 12.1. The van der Waals surface area contributed by atoms with Gasteiger partial charge in [0.05, 0.1) is 24.5 Å². The molecule has 0 aliphatic heterocycles. The Labute approximate surface area is 113 Å². The zero-order valence-electron chi connectivity index (χ0n) is 10.9. The summed E-state index contributed by atoms with van der Waals surface area (Å²) < 4.78 is 49.2. The van der Waals surface area contributed by atoms with Crippen LogP contribution >= 0.6 is 0 Å². The van der Waals surface area contributed by atoms with Crippen LogP contribution in [-0.4, -0.2) is 58.7 Å². The molecule has 9 heteroatoms. The first-order chi connectivity index (χ1) is 8.56. The number of sulfone groups is 2. The molecule has 0 amide bonds. The van der Waals surface area contributed by atoms with Gasteiger partial charge in [-0.05, 0) is 6.92 Å². The van der Waals surface area contributed by atoms with Gasteiger partial charge in [-0.3, -0.25) is 9.59 Å². The summed E-state index contributed by atoms with van der Waals surface area (Å²) in [5.41, 5.74) is 0. The molecule has 0 aromatic rings. The third kappa shape index (κ3) is 10.6. The molecule has 0 aromatic heterocycles. The van der Waals surface area contributed by atoms with Gasteiger partial charge >= 0.3 is 5.97 Å². The second-order valence-electron chi connectivity index (χ2n) is 4.07. The first kappa shape index (κ1) is 18.0. The number of ketones is 1. The highest BCUT2D eigenvalue weighted by Gasteiger charge is 2.19. The van der Waals surface area contributed by atoms with E-state index in [1.54, 1.807) is 6.92 Å². The van der Waals surface area contributed by atoms with Gasteiger partial charge in [0.1, 0.15) is 21.4 Å². The van der Waals surface area contributed by atoms with Crippen LogP contribution in [0.15, 0.2) is 0 Å². The lowest BCUT2D eigenvalue weighted by atomic mass is 10.2. The van der Waals surface area contributed by atoms with Crippen molar-refractivity contribution in [1.82, 2.24) is 0 Å². The van der Waals surface area contributed by atoms with E-state index in [4.69, 9.17) is 0 Å². The summed E-state index contributed by atoms with van der Waals surface area (Å²) in [6.07, 6.45) is 0.524. The van der Waals surface area contributed by atoms with Gasteiger partial charge in [-0.1, -0.05) is 0 Å². The summed E-state index contributed by atoms with van der Waals surface area (Å²) in [5, 5.41) is 0. The molecule has 0 atom stereocenters. The summed E-state index contributed by atoms with van der Waals surface area (Å²) in [4.78, 5) is 22.3. The highest BCUT2D eigenvalue weighted by Crippen LogP contribution is 2.00. The fraction of sp³-hybridized carbons (Fsp3) is 0.800. The maximum absolute atomic E-state index is 11.5. The number of carbonyl (C=O) groups excluding carboxylic acids is 2. The maximum Gasteiger partial charge on any atom is 0.306 e. The molecular weight excluding hydrogens is 296 g/mol. The van der Waals surface area contributed by atoms with E-state index in [1.165, 1.54) is 0 Å². The summed E-state index contributed by atoms with van der Waals surface area (Å²) in [6, 6.07) is 0. The standard InChI is InChI=1S/C10H18O7S2/c1-3-17-10(12)5-4-9(11)8-19(15,16)7-6-18(2,13)14/h3-8H2,1-2H3. The summed E-state index contributed by atoms with van der Waals surface area (Å²) in [5.74, 6) is -3.04. The number of ether oxygens (including phenoxy) is 1. The molecule has 0 aliphatic rings. The average Bonchev–Trinajstić information content (AvgIpc) is 2.23. The number of rotatable bonds is 9. The zero-order chi connectivity index (χ0) is 15.1. The molecule has 0 heterocycles. The molecule has 0 fully saturated rings. The predicted octanol–water partition coefficient (Wildman–Crippen LogP) is -0.642. The molecule has 0 rings (SSSR count). The predicted molar refractivity (Wildman–Crippen MR) is 69.2 cm³/mol. The molecule has 0 unspecified atom stereocenters. The van der Waals surface area contributed by atoms with Crippen LogP contribution in [0.1, 0.15) is 19.8 Å². The van der Waals surface area contributed by atoms with Gasteiger partial charge < -0.3 is 4.74 Å². The van der Waals surface area contributed by atoms with E-state index in [1.807, 2.05) is 0 Å². The third-order valence-corrected chi connectivity index (χ3v) is 4.85. The van der Waals surface area contributed by atoms with Gasteiger partial charge in [0.25, 0.3) is 0 Å². The van der Waals surface area contributed by atoms with Crippen molar-refractivity contribution >= 4 is 31.4 Å². The monoisotopic (exact) mass is 314 g/mol. The first-order valence-corrected chi connectivity index (χ1v) is 9.49. The van der Waals surface area contributed by atoms with E-state index in [9.17, 15) is 26.4 Å². The first-order valence-electron chi connectivity index (χ1n) is 5.61. The molecule has 0 radical (unpaired) electrons. The summed E-state index contributed by atoms with van der Waals surface area (Å²) in [7, 11) is -7.15. The molecule has 0 saturated heterocycles. The molecule has 112 valence electrons. The molecule has 0 saturated carbocycles. The van der Waals surface area contributed by atoms with Crippen LogP contribution in [-0.2, 0) is 34.0 Å². The van der Waals surface area contributed by atoms with Crippen LogP contribution in [0.25, 0.3) is 0 Å². The van der Waals surface area contributed by atoms with Gasteiger partial charge in [-0.15, -0.1) is 0 Å². The van der Waals surface area contributed by atoms with Crippen molar-refractivity contribution in [3.8, 4) is 0 Å². The minimum atomic E-state index is -3.76. The lowest BCUT2D eigenvalue weighted by Gasteiger charge is -2.03. The maximum atomic E-state index is 11.5. The van der Waals surface area contributed by atoms with Crippen molar-refractivity contribution in [2.24, 2.45) is 0 Å². The van der Waals surface area contributed by atoms with Crippen LogP contribution in [0.4, 0.5) is 0 Å². The molecule has 0 aromatic carbocycles. The molecule has 0 aliphatic carbocycles. The van der Waals surface area contributed by atoms with Gasteiger partial charge in [0.15, 0.2) is 9.84 Å². The summed E-state index contributed by atoms with van der Waals surface area (Å²) >= 11 is 0. The highest BCUT2D eigenvalue weighted by molar-refractivity contribution is 7.95. The molecule has 19 heavy (non-hydrogen) atoms. The van der Waals surface area contributed by atoms with Crippen molar-refractivity contribution in [3.05, 3.63) is 0 Å². The number of Topliss-reactive ketones (excluding diaryl/α,β-unsaturated/α-hetero) is 1. The van der Waals surface area contributed by atoms with Crippen molar-refractivity contribution in [1.29, 1.82) is 0 Å². The topological polar surface area (TPSA) is 112 Å². The molecule has 0 spiro atoms. The minimum Gasteiger partial charge on any atom is -0.466 e. The zero-order valence-corrected chi connectivity index (χ0v) is 12.5. The second kappa shape index (κ2) is 7.59. The smallest absolute Gasteiger partial charge is 0.306 e. The average molecular weight is 314 g/mol. The van der Waals surface area contributed by atoms with E-state index < -0.39 is 48.7 Å². The Kier molecular flexibility index (Phi) is 7.20. The van der Waals surface area contributed by atoms with Gasteiger partial charge in [0.2, 0.25) is 0 Å². The van der Waals surface area contributed by atoms with E-state index >= 15 is 0 Å². The van der Waals surface area contributed by atoms with Crippen molar-refractivity contribution < 1.29 is 31.2 Å². The lowest BCUT2D eigenvalue weighted by Crippen LogP contribution is -2.23. The Bertz CT molecular complexity index is 516. The van der Waals surface area contributed by atoms with Gasteiger partial charge in [-0.2, -0.15) is 0 Å². The van der Waals surface area contributed by atoms with Crippen molar-refractivity contribution in [2.45, 2.75) is 19.8 Å². The molecular formula is C10H18O7S2. The Balaban J connectivity index is 4.21. The van der Waals surface area contributed by atoms with Gasteiger partial charge in [-0.25, -0.2) is 16.8 Å². The molecule has 0 N–H and O–H groups in total. The summed E-state index contributed by atoms with van der Waals surface area (Å²) in [6.45, 7) is 1.81. The largest absolute Gasteiger partial charge is 0.466 e. The number of esters is 1. The Hall–Kier alpha value is -0.960. The van der Waals surface area contributed by atoms with Crippen LogP contribution in [0.3, 0.4) is 0 Å². The van der Waals surface area contributed by atoms with Gasteiger partial charge in [0, 0.05) is 12.7 Å². The van der Waals surface area contributed by atoms with E-state index in [2.05, 4.69) is 4.74 Å². The van der Waals surface area contributed by atoms with E-state index in [0.717, 1.165) is 6.26 Å². The number of hydrogen-bond donors (Lipinski definition) is 0. The minimum absolute atomic E-state index is 0.172. The van der Waals surface area contributed by atoms with Crippen molar-refractivity contribution in [3.63, 3.8) is 0 Å². The Morgan fingerprint density at radius 1 is 1.00 bits per heavy atom. The fourth-order valence-corrected chi connectivity index (χ4v) is 4.15.